The molecule has 25 heavy (non-hydrogen) atoms. The molecule has 3 rings (SSSR count). The number of hydrogen-bond donors (Lipinski definition) is 0. The van der Waals surface area contributed by atoms with E-state index in [-0.39, 0.29) is 5.91 Å². The standard InChI is InChI=1S/C17H23N5O2S/c1-3-20-13-18-19-17(20)25-12-16(23)22-10-8-21(9-11-22)14-4-6-15(24-2)7-5-14/h4-7,13H,3,8-12H2,1-2H3. The van der Waals surface area contributed by atoms with Gasteiger partial charge in [0.2, 0.25) is 5.91 Å². The molecule has 8 heteroatoms. The predicted octanol–water partition coefficient (Wildman–Crippen LogP) is 1.75. The topological polar surface area (TPSA) is 63.5 Å². The van der Waals surface area contributed by atoms with Gasteiger partial charge in [-0.15, -0.1) is 10.2 Å². The van der Waals surface area contributed by atoms with Crippen molar-refractivity contribution in [1.82, 2.24) is 19.7 Å². The molecule has 134 valence electrons. The maximum atomic E-state index is 12.4. The first-order valence-electron chi connectivity index (χ1n) is 8.38. The molecule has 1 aromatic carbocycles. The van der Waals surface area contributed by atoms with Crippen LogP contribution in [-0.4, -0.2) is 64.6 Å². The van der Waals surface area contributed by atoms with Crippen LogP contribution in [0.1, 0.15) is 6.92 Å². The molecule has 1 aliphatic heterocycles. The molecular formula is C17H23N5O2S. The number of carbonyl (C=O) groups is 1. The number of ether oxygens (including phenoxy) is 1. The SMILES string of the molecule is CCn1cnnc1SCC(=O)N1CCN(c2ccc(OC)cc2)CC1. The predicted molar refractivity (Wildman–Crippen MR) is 98.2 cm³/mol. The minimum absolute atomic E-state index is 0.157. The van der Waals surface area contributed by atoms with Gasteiger partial charge in [-0.05, 0) is 31.2 Å². The van der Waals surface area contributed by atoms with E-state index in [2.05, 4.69) is 27.2 Å². The number of aromatic nitrogens is 3. The summed E-state index contributed by atoms with van der Waals surface area (Å²) < 4.78 is 7.14. The summed E-state index contributed by atoms with van der Waals surface area (Å²) in [7, 11) is 1.67. The highest BCUT2D eigenvalue weighted by Gasteiger charge is 2.21. The molecule has 7 nitrogen and oxygen atoms in total. The third-order valence-electron chi connectivity index (χ3n) is 4.32. The van der Waals surface area contributed by atoms with Gasteiger partial charge in [-0.3, -0.25) is 4.79 Å². The van der Waals surface area contributed by atoms with E-state index in [4.69, 9.17) is 4.74 Å². The van der Waals surface area contributed by atoms with Gasteiger partial charge in [-0.25, -0.2) is 0 Å². The number of nitrogens with zero attached hydrogens (tertiary/aromatic N) is 5. The maximum Gasteiger partial charge on any atom is 0.233 e. The Bertz CT molecular complexity index is 695. The lowest BCUT2D eigenvalue weighted by atomic mass is 10.2. The van der Waals surface area contributed by atoms with Crippen molar-refractivity contribution in [2.75, 3.05) is 43.9 Å². The third-order valence-corrected chi connectivity index (χ3v) is 5.28. The van der Waals surface area contributed by atoms with E-state index < -0.39 is 0 Å². The smallest absolute Gasteiger partial charge is 0.233 e. The molecule has 1 fully saturated rings. The van der Waals surface area contributed by atoms with Gasteiger partial charge in [-0.1, -0.05) is 11.8 Å². The fourth-order valence-corrected chi connectivity index (χ4v) is 3.68. The molecule has 0 spiro atoms. The fraction of sp³-hybridized carbons (Fsp3) is 0.471. The molecule has 0 atom stereocenters. The van der Waals surface area contributed by atoms with Crippen LogP contribution in [0.15, 0.2) is 35.7 Å². The van der Waals surface area contributed by atoms with Crippen LogP contribution in [0.4, 0.5) is 5.69 Å². The van der Waals surface area contributed by atoms with Gasteiger partial charge in [0.25, 0.3) is 0 Å². The molecule has 0 radical (unpaired) electrons. The quantitative estimate of drug-likeness (QED) is 0.731. The van der Waals surface area contributed by atoms with Crippen LogP contribution in [0.25, 0.3) is 0 Å². The van der Waals surface area contributed by atoms with Gasteiger partial charge in [0.05, 0.1) is 12.9 Å². The van der Waals surface area contributed by atoms with Crippen LogP contribution in [0.2, 0.25) is 0 Å². The van der Waals surface area contributed by atoms with Crippen molar-refractivity contribution in [2.45, 2.75) is 18.6 Å². The van der Waals surface area contributed by atoms with Crippen molar-refractivity contribution in [1.29, 1.82) is 0 Å². The highest BCUT2D eigenvalue weighted by atomic mass is 32.2. The lowest BCUT2D eigenvalue weighted by Gasteiger charge is -2.36. The van der Waals surface area contributed by atoms with Crippen molar-refractivity contribution in [3.8, 4) is 5.75 Å². The number of anilines is 1. The largest absolute Gasteiger partial charge is 0.497 e. The van der Waals surface area contributed by atoms with Gasteiger partial charge in [-0.2, -0.15) is 0 Å². The number of benzene rings is 1. The second kappa shape index (κ2) is 8.24. The Morgan fingerprint density at radius 2 is 1.92 bits per heavy atom. The summed E-state index contributed by atoms with van der Waals surface area (Å²) in [6, 6.07) is 8.05. The zero-order chi connectivity index (χ0) is 17.6. The molecule has 0 unspecified atom stereocenters. The van der Waals surface area contributed by atoms with E-state index in [1.54, 1.807) is 13.4 Å². The Balaban J connectivity index is 1.48. The van der Waals surface area contributed by atoms with E-state index in [1.807, 2.05) is 28.5 Å². The maximum absolute atomic E-state index is 12.4. The van der Waals surface area contributed by atoms with Gasteiger partial charge in [0, 0.05) is 38.4 Å². The summed E-state index contributed by atoms with van der Waals surface area (Å²) in [5.41, 5.74) is 1.17. The molecular weight excluding hydrogens is 338 g/mol. The molecule has 1 aliphatic rings. The number of rotatable bonds is 6. The number of thioether (sulfide) groups is 1. The molecule has 1 amide bonds. The van der Waals surface area contributed by atoms with Crippen LogP contribution >= 0.6 is 11.8 Å². The molecule has 0 aliphatic carbocycles. The van der Waals surface area contributed by atoms with E-state index >= 15 is 0 Å². The lowest BCUT2D eigenvalue weighted by molar-refractivity contribution is -0.128. The van der Waals surface area contributed by atoms with Gasteiger partial charge in [0.1, 0.15) is 12.1 Å². The number of amides is 1. The van der Waals surface area contributed by atoms with Crippen LogP contribution in [0.5, 0.6) is 5.75 Å². The number of aryl methyl sites for hydroxylation is 1. The summed E-state index contributed by atoms with van der Waals surface area (Å²) in [6.07, 6.45) is 1.69. The van der Waals surface area contributed by atoms with Crippen molar-refractivity contribution < 1.29 is 9.53 Å². The Morgan fingerprint density at radius 1 is 1.20 bits per heavy atom. The molecule has 1 aromatic heterocycles. The number of piperazine rings is 1. The average molecular weight is 361 g/mol. The zero-order valence-corrected chi connectivity index (χ0v) is 15.4. The molecule has 0 saturated carbocycles. The first-order chi connectivity index (χ1) is 12.2. The highest BCUT2D eigenvalue weighted by molar-refractivity contribution is 7.99. The van der Waals surface area contributed by atoms with E-state index in [0.717, 1.165) is 43.6 Å². The molecule has 2 heterocycles. The molecule has 0 bridgehead atoms. The van der Waals surface area contributed by atoms with E-state index in [0.29, 0.717) is 5.75 Å². The van der Waals surface area contributed by atoms with E-state index in [9.17, 15) is 4.79 Å². The first-order valence-corrected chi connectivity index (χ1v) is 9.37. The van der Waals surface area contributed by atoms with Crippen molar-refractivity contribution in [3.05, 3.63) is 30.6 Å². The van der Waals surface area contributed by atoms with E-state index in [1.165, 1.54) is 17.4 Å². The molecule has 2 aromatic rings. The Morgan fingerprint density at radius 3 is 2.56 bits per heavy atom. The Labute approximate surface area is 152 Å². The second-order valence-electron chi connectivity index (χ2n) is 5.75. The summed E-state index contributed by atoms with van der Waals surface area (Å²) in [4.78, 5) is 16.7. The monoisotopic (exact) mass is 361 g/mol. The third kappa shape index (κ3) is 4.25. The normalized spacial score (nSPS) is 14.6. The highest BCUT2D eigenvalue weighted by Crippen LogP contribution is 2.21. The summed E-state index contributed by atoms with van der Waals surface area (Å²) >= 11 is 1.45. The minimum atomic E-state index is 0.157. The molecule has 0 N–H and O–H groups in total. The fourth-order valence-electron chi connectivity index (χ4n) is 2.80. The van der Waals surface area contributed by atoms with Crippen LogP contribution in [0.3, 0.4) is 0 Å². The number of carbonyl (C=O) groups excluding carboxylic acids is 1. The second-order valence-corrected chi connectivity index (χ2v) is 6.70. The van der Waals surface area contributed by atoms with Crippen LogP contribution in [0, 0.1) is 0 Å². The lowest BCUT2D eigenvalue weighted by Crippen LogP contribution is -2.49. The minimum Gasteiger partial charge on any atom is -0.497 e. The van der Waals surface area contributed by atoms with Gasteiger partial charge >= 0.3 is 0 Å². The van der Waals surface area contributed by atoms with Crippen molar-refractivity contribution in [2.24, 2.45) is 0 Å². The van der Waals surface area contributed by atoms with Crippen LogP contribution < -0.4 is 9.64 Å². The average Bonchev–Trinajstić information content (AvgIpc) is 3.14. The zero-order valence-electron chi connectivity index (χ0n) is 14.6. The summed E-state index contributed by atoms with van der Waals surface area (Å²) in [6.45, 7) is 6.01. The Kier molecular flexibility index (Phi) is 5.80. The first kappa shape index (κ1) is 17.6. The Hall–Kier alpha value is -2.22. The molecule has 1 saturated heterocycles. The van der Waals surface area contributed by atoms with Gasteiger partial charge in [0.15, 0.2) is 5.16 Å². The van der Waals surface area contributed by atoms with Crippen molar-refractivity contribution >= 4 is 23.4 Å². The van der Waals surface area contributed by atoms with Crippen molar-refractivity contribution in [3.63, 3.8) is 0 Å². The number of methoxy groups -OCH3 is 1. The number of hydrogen-bond acceptors (Lipinski definition) is 6. The summed E-state index contributed by atoms with van der Waals surface area (Å²) in [5, 5.41) is 8.75. The van der Waals surface area contributed by atoms with Gasteiger partial charge < -0.3 is 19.1 Å². The summed E-state index contributed by atoms with van der Waals surface area (Å²) in [5.74, 6) is 1.42. The van der Waals surface area contributed by atoms with Crippen LogP contribution in [-0.2, 0) is 11.3 Å².